The number of nitrogens with zero attached hydrogens (tertiary/aromatic N) is 3. The van der Waals surface area contributed by atoms with E-state index in [4.69, 9.17) is 4.74 Å². The van der Waals surface area contributed by atoms with Gasteiger partial charge < -0.3 is 24.6 Å². The summed E-state index contributed by atoms with van der Waals surface area (Å²) in [6.45, 7) is 6.66. The number of benzene rings is 1. The number of fused-ring (bicyclic) bond motifs is 1. The zero-order valence-electron chi connectivity index (χ0n) is 20.4. The molecule has 2 amide bonds. The van der Waals surface area contributed by atoms with Crippen molar-refractivity contribution in [2.45, 2.75) is 64.6 Å². The average Bonchev–Trinajstić information content (AvgIpc) is 3.54. The van der Waals surface area contributed by atoms with Crippen molar-refractivity contribution in [2.75, 3.05) is 6.54 Å². The molecule has 0 radical (unpaired) electrons. The first kappa shape index (κ1) is 23.2. The van der Waals surface area contributed by atoms with Gasteiger partial charge in [-0.05, 0) is 54.7 Å². The molecule has 1 aromatic carbocycles. The van der Waals surface area contributed by atoms with E-state index in [-0.39, 0.29) is 23.5 Å². The molecule has 8 nitrogen and oxygen atoms in total. The fourth-order valence-corrected chi connectivity index (χ4v) is 4.85. The van der Waals surface area contributed by atoms with Crippen LogP contribution in [0, 0.1) is 5.41 Å². The first-order valence-electron chi connectivity index (χ1n) is 12.2. The molecule has 1 aliphatic heterocycles. The summed E-state index contributed by atoms with van der Waals surface area (Å²) >= 11 is 0. The monoisotopic (exact) mass is 476 g/mol. The Morgan fingerprint density at radius 1 is 1.11 bits per heavy atom. The number of hydrogen-bond donors (Lipinski definition) is 2. The number of nitrogens with one attached hydrogen (secondary N) is 1. The number of rotatable bonds is 5. The highest BCUT2D eigenvalue weighted by molar-refractivity contribution is 5.98. The summed E-state index contributed by atoms with van der Waals surface area (Å²) in [5, 5.41) is 13.6. The van der Waals surface area contributed by atoms with Gasteiger partial charge in [0.15, 0.2) is 0 Å². The number of carbonyl (C=O) groups excluding carboxylic acids is 1. The summed E-state index contributed by atoms with van der Waals surface area (Å²) in [5.41, 5.74) is 1.47. The Kier molecular flexibility index (Phi) is 5.91. The summed E-state index contributed by atoms with van der Waals surface area (Å²) in [7, 11) is 0. The van der Waals surface area contributed by atoms with Crippen molar-refractivity contribution >= 4 is 22.9 Å². The Morgan fingerprint density at radius 2 is 1.91 bits per heavy atom. The third-order valence-corrected chi connectivity index (χ3v) is 6.94. The Hall–Kier alpha value is -3.55. The summed E-state index contributed by atoms with van der Waals surface area (Å²) in [6, 6.07) is 11.7. The molecule has 35 heavy (non-hydrogen) atoms. The van der Waals surface area contributed by atoms with Crippen molar-refractivity contribution in [3.63, 3.8) is 0 Å². The molecule has 3 aromatic rings. The predicted octanol–water partition coefficient (Wildman–Crippen LogP) is 4.85. The topological polar surface area (TPSA) is 96.7 Å². The van der Waals surface area contributed by atoms with Crippen LogP contribution in [0.15, 0.2) is 48.8 Å². The van der Waals surface area contributed by atoms with Gasteiger partial charge in [-0.25, -0.2) is 9.78 Å². The maximum Gasteiger partial charge on any atom is 0.407 e. The van der Waals surface area contributed by atoms with Crippen LogP contribution in [-0.2, 0) is 0 Å². The Bertz CT molecular complexity index is 1240. The molecule has 2 N–H and O–H groups in total. The fraction of sp³-hybridized carbons (Fsp3) is 0.444. The van der Waals surface area contributed by atoms with E-state index in [1.165, 1.54) is 0 Å². The largest absolute Gasteiger partial charge is 0.489 e. The second-order valence-electron chi connectivity index (χ2n) is 10.7. The molecule has 2 fully saturated rings. The maximum absolute atomic E-state index is 12.4. The highest BCUT2D eigenvalue weighted by Crippen LogP contribution is 2.34. The van der Waals surface area contributed by atoms with Crippen LogP contribution in [0.1, 0.15) is 56.8 Å². The minimum atomic E-state index is -0.871. The van der Waals surface area contributed by atoms with E-state index in [9.17, 15) is 14.7 Å². The van der Waals surface area contributed by atoms with E-state index in [1.807, 2.05) is 47.2 Å². The van der Waals surface area contributed by atoms with E-state index >= 15 is 0 Å². The number of aromatic nitrogens is 2. The fourth-order valence-electron chi connectivity index (χ4n) is 4.85. The minimum absolute atomic E-state index is 0.0235. The molecule has 2 atom stereocenters. The van der Waals surface area contributed by atoms with Crippen molar-refractivity contribution in [1.29, 1.82) is 0 Å². The molecule has 0 bridgehead atoms. The van der Waals surface area contributed by atoms with Crippen molar-refractivity contribution in [3.05, 3.63) is 54.4 Å². The van der Waals surface area contributed by atoms with Crippen molar-refractivity contribution in [2.24, 2.45) is 5.41 Å². The van der Waals surface area contributed by atoms with Crippen LogP contribution in [0.3, 0.4) is 0 Å². The number of pyridine rings is 1. The molecular formula is C27H32N4O4. The predicted molar refractivity (Wildman–Crippen MR) is 133 cm³/mol. The molecule has 184 valence electrons. The lowest BCUT2D eigenvalue weighted by molar-refractivity contribution is 0.0129. The van der Waals surface area contributed by atoms with Crippen LogP contribution in [-0.4, -0.2) is 56.3 Å². The third kappa shape index (κ3) is 4.97. The minimum Gasteiger partial charge on any atom is -0.489 e. The lowest BCUT2D eigenvalue weighted by Crippen LogP contribution is -2.53. The van der Waals surface area contributed by atoms with Crippen LogP contribution in [0.2, 0.25) is 0 Å². The molecule has 8 heteroatoms. The van der Waals surface area contributed by atoms with Crippen LogP contribution in [0.5, 0.6) is 5.75 Å². The van der Waals surface area contributed by atoms with E-state index in [2.05, 4.69) is 31.1 Å². The third-order valence-electron chi connectivity index (χ3n) is 6.94. The molecule has 2 aliphatic rings. The summed E-state index contributed by atoms with van der Waals surface area (Å²) in [4.78, 5) is 30.2. The first-order chi connectivity index (χ1) is 16.7. The molecule has 3 heterocycles. The molecule has 1 aliphatic carbocycles. The van der Waals surface area contributed by atoms with Crippen LogP contribution in [0.25, 0.3) is 16.7 Å². The van der Waals surface area contributed by atoms with Gasteiger partial charge in [0.1, 0.15) is 17.7 Å². The second kappa shape index (κ2) is 8.91. The Labute approximate surface area is 204 Å². The van der Waals surface area contributed by atoms with Crippen molar-refractivity contribution in [3.8, 4) is 11.6 Å². The summed E-state index contributed by atoms with van der Waals surface area (Å²) < 4.78 is 8.20. The molecule has 1 saturated carbocycles. The average molecular weight is 477 g/mol. The number of carboxylic acid groups (broad SMARTS) is 1. The van der Waals surface area contributed by atoms with Gasteiger partial charge in [-0.15, -0.1) is 0 Å². The number of piperidine rings is 1. The number of hydrogen-bond acceptors (Lipinski definition) is 4. The van der Waals surface area contributed by atoms with Gasteiger partial charge in [0, 0.05) is 48.6 Å². The lowest BCUT2D eigenvalue weighted by Gasteiger charge is -2.44. The molecule has 1 saturated heterocycles. The van der Waals surface area contributed by atoms with Crippen LogP contribution < -0.4 is 10.1 Å². The van der Waals surface area contributed by atoms with Crippen LogP contribution in [0.4, 0.5) is 4.79 Å². The highest BCUT2D eigenvalue weighted by Gasteiger charge is 2.39. The van der Waals surface area contributed by atoms with Crippen molar-refractivity contribution in [1.82, 2.24) is 19.8 Å². The standard InChI is InChI=1S/C27H32N4O4/c1-27(2,3)23-15-20(11-13-31(23)26(33)34)35-21-7-9-24(28-16-21)30-12-10-17-14-18(4-8-22(17)30)25(32)29-19-5-6-19/h4,7-10,12,14,16,19-20,23H,5-6,11,13,15H2,1-3H3,(H,29,32)(H,33,34). The Balaban J connectivity index is 1.28. The molecule has 5 rings (SSSR count). The quantitative estimate of drug-likeness (QED) is 0.549. The lowest BCUT2D eigenvalue weighted by atomic mass is 9.80. The number of carbonyl (C=O) groups is 2. The van der Waals surface area contributed by atoms with Gasteiger partial charge in [0.2, 0.25) is 0 Å². The van der Waals surface area contributed by atoms with E-state index in [0.29, 0.717) is 36.7 Å². The van der Waals surface area contributed by atoms with Gasteiger partial charge in [-0.3, -0.25) is 4.79 Å². The van der Waals surface area contributed by atoms with Crippen molar-refractivity contribution < 1.29 is 19.4 Å². The normalized spacial score (nSPS) is 20.6. The smallest absolute Gasteiger partial charge is 0.407 e. The second-order valence-corrected chi connectivity index (χ2v) is 10.7. The number of ether oxygens (including phenoxy) is 1. The molecule has 2 aromatic heterocycles. The molecule has 0 spiro atoms. The van der Waals surface area contributed by atoms with Gasteiger partial charge in [0.25, 0.3) is 5.91 Å². The van der Waals surface area contributed by atoms with Gasteiger partial charge in [-0.2, -0.15) is 0 Å². The Morgan fingerprint density at radius 3 is 2.57 bits per heavy atom. The maximum atomic E-state index is 12.4. The van der Waals surface area contributed by atoms with Gasteiger partial charge in [-0.1, -0.05) is 20.8 Å². The highest BCUT2D eigenvalue weighted by atomic mass is 16.5. The number of likely N-dealkylation sites (tertiary alicyclic amines) is 1. The van der Waals surface area contributed by atoms with E-state index in [1.54, 1.807) is 11.1 Å². The van der Waals surface area contributed by atoms with E-state index < -0.39 is 6.09 Å². The molecule has 2 unspecified atom stereocenters. The van der Waals surface area contributed by atoms with Gasteiger partial charge in [0.05, 0.1) is 11.7 Å². The summed E-state index contributed by atoms with van der Waals surface area (Å²) in [5.74, 6) is 1.41. The SMILES string of the molecule is CC(C)(C)C1CC(Oc2ccc(-n3ccc4cc(C(=O)NC5CC5)ccc43)nc2)CCN1C(=O)O. The number of amides is 2. The van der Waals surface area contributed by atoms with Crippen LogP contribution >= 0.6 is 0 Å². The zero-order chi connectivity index (χ0) is 24.7. The molecular weight excluding hydrogens is 444 g/mol. The zero-order valence-corrected chi connectivity index (χ0v) is 20.4. The van der Waals surface area contributed by atoms with E-state index in [0.717, 1.165) is 29.6 Å². The first-order valence-corrected chi connectivity index (χ1v) is 12.2. The summed E-state index contributed by atoms with van der Waals surface area (Å²) in [6.07, 6.45) is 6.16. The van der Waals surface area contributed by atoms with Gasteiger partial charge >= 0.3 is 6.09 Å².